The van der Waals surface area contributed by atoms with E-state index in [1.807, 2.05) is 24.0 Å². The maximum atomic E-state index is 12.6. The van der Waals surface area contributed by atoms with Gasteiger partial charge in [0.15, 0.2) is 0 Å². The highest BCUT2D eigenvalue weighted by molar-refractivity contribution is 5.94. The van der Waals surface area contributed by atoms with E-state index < -0.39 is 5.97 Å². The Morgan fingerprint density at radius 1 is 1.04 bits per heavy atom. The summed E-state index contributed by atoms with van der Waals surface area (Å²) in [5.41, 5.74) is 3.31. The topological polar surface area (TPSA) is 61.9 Å². The molecule has 1 fully saturated rings. The van der Waals surface area contributed by atoms with Crippen molar-refractivity contribution in [1.29, 1.82) is 0 Å². The van der Waals surface area contributed by atoms with Gasteiger partial charge in [0.25, 0.3) is 0 Å². The van der Waals surface area contributed by atoms with Crippen LogP contribution in [0.5, 0.6) is 0 Å². The monoisotopic (exact) mass is 381 g/mol. The van der Waals surface area contributed by atoms with Crippen molar-refractivity contribution in [2.24, 2.45) is 0 Å². The highest BCUT2D eigenvalue weighted by Crippen LogP contribution is 2.18. The van der Waals surface area contributed by atoms with Gasteiger partial charge in [0.05, 0.1) is 12.7 Å². The van der Waals surface area contributed by atoms with Crippen molar-refractivity contribution < 1.29 is 14.3 Å². The fourth-order valence-electron chi connectivity index (χ4n) is 3.30. The Balaban J connectivity index is 1.51. The Bertz CT molecular complexity index is 815. The van der Waals surface area contributed by atoms with Crippen LogP contribution in [0.2, 0.25) is 0 Å². The van der Waals surface area contributed by atoms with E-state index in [4.69, 9.17) is 4.74 Å². The lowest BCUT2D eigenvalue weighted by Gasteiger charge is -2.34. The molecule has 1 N–H and O–H groups in total. The largest absolute Gasteiger partial charge is 0.465 e. The summed E-state index contributed by atoms with van der Waals surface area (Å²) in [6.45, 7) is 6.01. The number of anilines is 1. The lowest BCUT2D eigenvalue weighted by atomic mass is 10.1. The molecule has 0 saturated carbocycles. The summed E-state index contributed by atoms with van der Waals surface area (Å²) in [4.78, 5) is 28.6. The van der Waals surface area contributed by atoms with Crippen molar-refractivity contribution >= 4 is 17.7 Å². The van der Waals surface area contributed by atoms with Gasteiger partial charge in [0.2, 0.25) is 0 Å². The van der Waals surface area contributed by atoms with Gasteiger partial charge in [-0.3, -0.25) is 4.90 Å². The number of rotatable bonds is 5. The zero-order valence-electron chi connectivity index (χ0n) is 16.5. The molecule has 28 heavy (non-hydrogen) atoms. The average molecular weight is 381 g/mol. The number of esters is 1. The Labute approximate surface area is 166 Å². The molecule has 6 nitrogen and oxygen atoms in total. The highest BCUT2D eigenvalue weighted by atomic mass is 16.5. The average Bonchev–Trinajstić information content (AvgIpc) is 2.74. The van der Waals surface area contributed by atoms with Gasteiger partial charge in [-0.1, -0.05) is 36.4 Å². The normalized spacial score (nSPS) is 14.6. The van der Waals surface area contributed by atoms with Crippen LogP contribution < -0.4 is 5.32 Å². The standard InChI is InChI=1S/C22H27N3O3/c1-17-8-9-19(21(26)28-2)16-20(17)23-22(27)25-14-12-24(13-15-25)11-10-18-6-4-3-5-7-18/h3-9,16H,10-15H2,1-2H3,(H,23,27). The predicted molar refractivity (Wildman–Crippen MR) is 110 cm³/mol. The summed E-state index contributed by atoms with van der Waals surface area (Å²) in [5.74, 6) is -0.414. The molecule has 1 aliphatic heterocycles. The van der Waals surface area contributed by atoms with Crippen LogP contribution in [0.3, 0.4) is 0 Å². The van der Waals surface area contributed by atoms with E-state index in [9.17, 15) is 9.59 Å². The molecule has 6 heteroatoms. The molecule has 1 aliphatic rings. The molecule has 2 aromatic carbocycles. The van der Waals surface area contributed by atoms with Crippen LogP contribution >= 0.6 is 0 Å². The minimum absolute atomic E-state index is 0.132. The van der Waals surface area contributed by atoms with Crippen molar-refractivity contribution in [2.75, 3.05) is 45.2 Å². The lowest BCUT2D eigenvalue weighted by Crippen LogP contribution is -2.50. The van der Waals surface area contributed by atoms with Gasteiger partial charge >= 0.3 is 12.0 Å². The summed E-state index contributed by atoms with van der Waals surface area (Å²) in [6, 6.07) is 15.5. The maximum absolute atomic E-state index is 12.6. The minimum Gasteiger partial charge on any atom is -0.465 e. The molecule has 1 heterocycles. The second-order valence-corrected chi connectivity index (χ2v) is 7.02. The fourth-order valence-corrected chi connectivity index (χ4v) is 3.30. The van der Waals surface area contributed by atoms with E-state index in [0.29, 0.717) is 24.3 Å². The van der Waals surface area contributed by atoms with Crippen LogP contribution in [0.25, 0.3) is 0 Å². The second-order valence-electron chi connectivity index (χ2n) is 7.02. The van der Waals surface area contributed by atoms with E-state index in [1.54, 1.807) is 12.1 Å². The van der Waals surface area contributed by atoms with Crippen molar-refractivity contribution in [3.8, 4) is 0 Å². The van der Waals surface area contributed by atoms with Crippen molar-refractivity contribution in [3.05, 3.63) is 65.2 Å². The van der Waals surface area contributed by atoms with E-state index in [-0.39, 0.29) is 6.03 Å². The lowest BCUT2D eigenvalue weighted by molar-refractivity contribution is 0.0600. The molecule has 2 aromatic rings. The van der Waals surface area contributed by atoms with Crippen molar-refractivity contribution in [1.82, 2.24) is 9.80 Å². The molecule has 0 unspecified atom stereocenters. The number of amides is 2. The van der Waals surface area contributed by atoms with E-state index >= 15 is 0 Å². The third-order valence-electron chi connectivity index (χ3n) is 5.12. The Hall–Kier alpha value is -2.86. The van der Waals surface area contributed by atoms with Crippen LogP contribution in [0.4, 0.5) is 10.5 Å². The summed E-state index contributed by atoms with van der Waals surface area (Å²) in [7, 11) is 1.34. The van der Waals surface area contributed by atoms with Gasteiger partial charge in [0, 0.05) is 38.4 Å². The fraction of sp³-hybridized carbons (Fsp3) is 0.364. The zero-order valence-corrected chi connectivity index (χ0v) is 16.5. The summed E-state index contributed by atoms with van der Waals surface area (Å²) < 4.78 is 4.75. The number of ether oxygens (including phenoxy) is 1. The molecule has 0 spiro atoms. The van der Waals surface area contributed by atoms with Gasteiger partial charge in [-0.2, -0.15) is 0 Å². The molecule has 148 valence electrons. The molecule has 0 aromatic heterocycles. The SMILES string of the molecule is COC(=O)c1ccc(C)c(NC(=O)N2CCN(CCc3ccccc3)CC2)c1. The molecule has 3 rings (SSSR count). The first-order valence-electron chi connectivity index (χ1n) is 9.58. The summed E-state index contributed by atoms with van der Waals surface area (Å²) in [6.07, 6.45) is 1.02. The number of piperazine rings is 1. The number of nitrogens with one attached hydrogen (secondary N) is 1. The van der Waals surface area contributed by atoms with E-state index in [1.165, 1.54) is 12.7 Å². The number of benzene rings is 2. The van der Waals surface area contributed by atoms with Gasteiger partial charge in [0.1, 0.15) is 0 Å². The molecular formula is C22H27N3O3. The predicted octanol–water partition coefficient (Wildman–Crippen LogP) is 3.17. The Morgan fingerprint density at radius 2 is 1.75 bits per heavy atom. The van der Waals surface area contributed by atoms with Crippen LogP contribution in [0.15, 0.2) is 48.5 Å². The quantitative estimate of drug-likeness (QED) is 0.808. The number of nitrogens with zero attached hydrogens (tertiary/aromatic N) is 2. The molecule has 0 atom stereocenters. The molecular weight excluding hydrogens is 354 g/mol. The van der Waals surface area contributed by atoms with Gasteiger partial charge in [-0.15, -0.1) is 0 Å². The number of aryl methyl sites for hydroxylation is 1. The summed E-state index contributed by atoms with van der Waals surface area (Å²) >= 11 is 0. The number of carbonyl (C=O) groups excluding carboxylic acids is 2. The maximum Gasteiger partial charge on any atom is 0.337 e. The van der Waals surface area contributed by atoms with Crippen LogP contribution in [0, 0.1) is 6.92 Å². The van der Waals surface area contributed by atoms with Gasteiger partial charge in [-0.25, -0.2) is 9.59 Å². The van der Waals surface area contributed by atoms with E-state index in [0.717, 1.165) is 31.6 Å². The molecule has 0 radical (unpaired) electrons. The van der Waals surface area contributed by atoms with Gasteiger partial charge < -0.3 is 15.0 Å². The first-order chi connectivity index (χ1) is 13.6. The van der Waals surface area contributed by atoms with E-state index in [2.05, 4.69) is 34.5 Å². The smallest absolute Gasteiger partial charge is 0.337 e. The molecule has 0 bridgehead atoms. The number of urea groups is 1. The molecule has 2 amide bonds. The third kappa shape index (κ3) is 5.10. The van der Waals surface area contributed by atoms with Crippen LogP contribution in [-0.2, 0) is 11.2 Å². The number of hydrogen-bond donors (Lipinski definition) is 1. The number of hydrogen-bond acceptors (Lipinski definition) is 4. The van der Waals surface area contributed by atoms with Crippen molar-refractivity contribution in [3.63, 3.8) is 0 Å². The van der Waals surface area contributed by atoms with Crippen LogP contribution in [0.1, 0.15) is 21.5 Å². The van der Waals surface area contributed by atoms with Gasteiger partial charge in [-0.05, 0) is 36.6 Å². The van der Waals surface area contributed by atoms with Crippen LogP contribution in [-0.4, -0.2) is 61.6 Å². The first kappa shape index (κ1) is 19.9. The number of carbonyl (C=O) groups is 2. The highest BCUT2D eigenvalue weighted by Gasteiger charge is 2.21. The molecule has 0 aliphatic carbocycles. The minimum atomic E-state index is -0.414. The second kappa shape index (κ2) is 9.37. The Morgan fingerprint density at radius 3 is 2.43 bits per heavy atom. The zero-order chi connectivity index (χ0) is 19.9. The first-order valence-corrected chi connectivity index (χ1v) is 9.58. The molecule has 1 saturated heterocycles. The Kier molecular flexibility index (Phi) is 6.66. The number of methoxy groups -OCH3 is 1. The summed E-state index contributed by atoms with van der Waals surface area (Å²) in [5, 5.41) is 2.93. The third-order valence-corrected chi connectivity index (χ3v) is 5.12. The van der Waals surface area contributed by atoms with Crippen molar-refractivity contribution in [2.45, 2.75) is 13.3 Å².